The highest BCUT2D eigenvalue weighted by Crippen LogP contribution is 2.45. The van der Waals surface area contributed by atoms with Crippen molar-refractivity contribution in [1.29, 1.82) is 0 Å². The van der Waals surface area contributed by atoms with E-state index >= 15 is 0 Å². The Morgan fingerprint density at radius 3 is 2.75 bits per heavy atom. The molecule has 0 aliphatic carbocycles. The van der Waals surface area contributed by atoms with Gasteiger partial charge in [-0.15, -0.1) is 23.1 Å². The Hall–Kier alpha value is -2.19. The number of aryl methyl sites for hydroxylation is 1. The summed E-state index contributed by atoms with van der Waals surface area (Å²) in [6.07, 6.45) is 0. The Bertz CT molecular complexity index is 855. The van der Waals surface area contributed by atoms with E-state index in [1.54, 1.807) is 54.3 Å². The third-order valence-electron chi connectivity index (χ3n) is 4.74. The van der Waals surface area contributed by atoms with Gasteiger partial charge in [-0.2, -0.15) is 0 Å². The summed E-state index contributed by atoms with van der Waals surface area (Å²) in [5, 5.41) is 4.87. The molecule has 2 atom stereocenters. The first-order chi connectivity index (χ1) is 13.4. The van der Waals surface area contributed by atoms with Crippen LogP contribution in [-0.4, -0.2) is 54.2 Å². The molecule has 6 nitrogen and oxygen atoms in total. The van der Waals surface area contributed by atoms with Crippen LogP contribution >= 0.6 is 23.1 Å². The zero-order valence-corrected chi connectivity index (χ0v) is 18.1. The van der Waals surface area contributed by atoms with Gasteiger partial charge in [-0.25, -0.2) is 4.79 Å². The Labute approximate surface area is 173 Å². The second kappa shape index (κ2) is 8.87. The first kappa shape index (κ1) is 20.5. The number of carbonyl (C=O) groups excluding carboxylic acids is 2. The van der Waals surface area contributed by atoms with Crippen LogP contribution in [0.2, 0.25) is 0 Å². The lowest BCUT2D eigenvalue weighted by Gasteiger charge is -2.27. The number of anilines is 1. The maximum atomic E-state index is 12.7. The zero-order valence-electron chi connectivity index (χ0n) is 16.5. The second-order valence-corrected chi connectivity index (χ2v) is 9.06. The van der Waals surface area contributed by atoms with Crippen LogP contribution in [0.4, 0.5) is 10.5 Å². The average molecular weight is 420 g/mol. The van der Waals surface area contributed by atoms with E-state index in [-0.39, 0.29) is 22.6 Å². The monoisotopic (exact) mass is 419 g/mol. The standard InChI is InChI=1S/C20H25N3O3S2/c1-13-9-12-27-17(13)19-23(18(24)14(2)28-19)11-10-22(3)20(25)21-15-7-5-6-8-16(15)26-4/h5-9,12,14,19H,10-11H2,1-4H3,(H,21,25)/t14-,19+/m1/s1. The fourth-order valence-electron chi connectivity index (χ4n) is 3.06. The third-order valence-corrected chi connectivity index (χ3v) is 7.32. The van der Waals surface area contributed by atoms with Crippen LogP contribution in [0.1, 0.15) is 22.7 Å². The van der Waals surface area contributed by atoms with Crippen LogP contribution in [-0.2, 0) is 4.79 Å². The molecular formula is C20H25N3O3S2. The molecule has 1 aliphatic heterocycles. The number of ether oxygens (including phenoxy) is 1. The minimum Gasteiger partial charge on any atom is -0.495 e. The predicted octanol–water partition coefficient (Wildman–Crippen LogP) is 4.19. The number of likely N-dealkylation sites (N-methyl/N-ethyl adjacent to an activating group) is 1. The van der Waals surface area contributed by atoms with Crippen molar-refractivity contribution in [1.82, 2.24) is 9.80 Å². The van der Waals surface area contributed by atoms with Gasteiger partial charge in [0.25, 0.3) is 0 Å². The van der Waals surface area contributed by atoms with Crippen molar-refractivity contribution >= 4 is 40.7 Å². The van der Waals surface area contributed by atoms with Gasteiger partial charge in [-0.05, 0) is 43.0 Å². The summed E-state index contributed by atoms with van der Waals surface area (Å²) in [7, 11) is 3.30. The topological polar surface area (TPSA) is 61.9 Å². The van der Waals surface area contributed by atoms with Crippen LogP contribution in [0.3, 0.4) is 0 Å². The quantitative estimate of drug-likeness (QED) is 0.763. The number of thioether (sulfide) groups is 1. The SMILES string of the molecule is COc1ccccc1NC(=O)N(C)CCN1C(=O)[C@@H](C)S[C@H]1c1sccc1C. The number of hydrogen-bond donors (Lipinski definition) is 1. The molecule has 1 aromatic heterocycles. The molecule has 0 spiro atoms. The molecule has 3 rings (SSSR count). The molecule has 1 fully saturated rings. The average Bonchev–Trinajstić information content (AvgIpc) is 3.23. The van der Waals surface area contributed by atoms with E-state index in [0.717, 1.165) is 0 Å². The number of rotatable bonds is 6. The van der Waals surface area contributed by atoms with Crippen molar-refractivity contribution in [3.05, 3.63) is 46.2 Å². The normalized spacial score (nSPS) is 19.0. The molecule has 2 aromatic rings. The minimum atomic E-state index is -0.235. The van der Waals surface area contributed by atoms with Gasteiger partial charge >= 0.3 is 6.03 Å². The molecule has 0 saturated carbocycles. The van der Waals surface area contributed by atoms with Crippen LogP contribution < -0.4 is 10.1 Å². The van der Waals surface area contributed by atoms with Gasteiger partial charge in [0, 0.05) is 25.0 Å². The highest BCUT2D eigenvalue weighted by Gasteiger charge is 2.39. The molecule has 0 bridgehead atoms. The van der Waals surface area contributed by atoms with Crippen LogP contribution in [0, 0.1) is 6.92 Å². The third kappa shape index (κ3) is 4.28. The fraction of sp³-hybridized carbons (Fsp3) is 0.400. The van der Waals surface area contributed by atoms with Gasteiger partial charge < -0.3 is 19.9 Å². The molecule has 28 heavy (non-hydrogen) atoms. The van der Waals surface area contributed by atoms with E-state index in [2.05, 4.69) is 23.7 Å². The van der Waals surface area contributed by atoms with Crippen molar-refractivity contribution in [2.24, 2.45) is 0 Å². The molecule has 1 N–H and O–H groups in total. The first-order valence-corrected chi connectivity index (χ1v) is 10.9. The highest BCUT2D eigenvalue weighted by atomic mass is 32.2. The van der Waals surface area contributed by atoms with E-state index in [4.69, 9.17) is 4.74 Å². The molecule has 0 radical (unpaired) electrons. The number of nitrogens with zero attached hydrogens (tertiary/aromatic N) is 2. The Balaban J connectivity index is 1.63. The summed E-state index contributed by atoms with van der Waals surface area (Å²) in [6, 6.07) is 9.13. The molecular weight excluding hydrogens is 394 g/mol. The van der Waals surface area contributed by atoms with E-state index in [0.29, 0.717) is 24.5 Å². The first-order valence-electron chi connectivity index (χ1n) is 9.07. The second-order valence-electron chi connectivity index (χ2n) is 6.68. The van der Waals surface area contributed by atoms with Gasteiger partial charge in [0.1, 0.15) is 11.1 Å². The molecule has 0 unspecified atom stereocenters. The van der Waals surface area contributed by atoms with Crippen molar-refractivity contribution in [2.45, 2.75) is 24.5 Å². The predicted molar refractivity (Wildman–Crippen MR) is 115 cm³/mol. The van der Waals surface area contributed by atoms with Crippen molar-refractivity contribution in [3.63, 3.8) is 0 Å². The Morgan fingerprint density at radius 2 is 2.07 bits per heavy atom. The number of hydrogen-bond acceptors (Lipinski definition) is 5. The number of para-hydroxylation sites is 2. The van der Waals surface area contributed by atoms with Gasteiger partial charge in [0.2, 0.25) is 5.91 Å². The molecule has 1 saturated heterocycles. The molecule has 3 amide bonds. The number of methoxy groups -OCH3 is 1. The summed E-state index contributed by atoms with van der Waals surface area (Å²) in [6.45, 7) is 4.96. The van der Waals surface area contributed by atoms with Gasteiger partial charge in [-0.1, -0.05) is 12.1 Å². The maximum absolute atomic E-state index is 12.7. The largest absolute Gasteiger partial charge is 0.495 e. The lowest BCUT2D eigenvalue weighted by Crippen LogP contribution is -2.40. The zero-order chi connectivity index (χ0) is 20.3. The lowest BCUT2D eigenvalue weighted by atomic mass is 10.2. The summed E-state index contributed by atoms with van der Waals surface area (Å²) >= 11 is 3.35. The number of thiophene rings is 1. The van der Waals surface area contributed by atoms with E-state index in [1.807, 2.05) is 24.0 Å². The lowest BCUT2D eigenvalue weighted by molar-refractivity contribution is -0.129. The van der Waals surface area contributed by atoms with Gasteiger partial charge in [0.15, 0.2) is 0 Å². The summed E-state index contributed by atoms with van der Waals surface area (Å²) in [4.78, 5) is 29.9. The van der Waals surface area contributed by atoms with Crippen molar-refractivity contribution in [3.8, 4) is 5.75 Å². The minimum absolute atomic E-state index is 0.0215. The molecule has 2 heterocycles. The van der Waals surface area contributed by atoms with E-state index < -0.39 is 0 Å². The van der Waals surface area contributed by atoms with Crippen LogP contribution in [0.15, 0.2) is 35.7 Å². The summed E-state index contributed by atoms with van der Waals surface area (Å²) in [5.74, 6) is 0.735. The van der Waals surface area contributed by atoms with Crippen molar-refractivity contribution in [2.75, 3.05) is 32.6 Å². The van der Waals surface area contributed by atoms with E-state index in [1.165, 1.54) is 10.4 Å². The Kier molecular flexibility index (Phi) is 6.51. The van der Waals surface area contributed by atoms with Crippen molar-refractivity contribution < 1.29 is 14.3 Å². The Morgan fingerprint density at radius 1 is 1.32 bits per heavy atom. The van der Waals surface area contributed by atoms with Gasteiger partial charge in [-0.3, -0.25) is 4.79 Å². The summed E-state index contributed by atoms with van der Waals surface area (Å²) in [5.41, 5.74) is 1.83. The molecule has 150 valence electrons. The highest BCUT2D eigenvalue weighted by molar-refractivity contribution is 8.01. The van der Waals surface area contributed by atoms with Gasteiger partial charge in [0.05, 0.1) is 18.0 Å². The van der Waals surface area contributed by atoms with Crippen LogP contribution in [0.25, 0.3) is 0 Å². The fourth-order valence-corrected chi connectivity index (χ4v) is 5.61. The van der Waals surface area contributed by atoms with Crippen LogP contribution in [0.5, 0.6) is 5.75 Å². The number of urea groups is 1. The molecule has 1 aliphatic rings. The molecule has 1 aromatic carbocycles. The van der Waals surface area contributed by atoms with E-state index in [9.17, 15) is 9.59 Å². The molecule has 8 heteroatoms. The maximum Gasteiger partial charge on any atom is 0.321 e. The number of carbonyl (C=O) groups is 2. The number of amides is 3. The number of nitrogens with one attached hydrogen (secondary N) is 1. The summed E-state index contributed by atoms with van der Waals surface area (Å²) < 4.78 is 5.27. The smallest absolute Gasteiger partial charge is 0.321 e. The number of benzene rings is 1.